The predicted octanol–water partition coefficient (Wildman–Crippen LogP) is 2.02. The molecule has 3 heteroatoms. The summed E-state index contributed by atoms with van der Waals surface area (Å²) in [6.07, 6.45) is 1.06. The molecule has 1 aromatic rings. The monoisotopic (exact) mass is 209 g/mol. The van der Waals surface area contributed by atoms with Crippen molar-refractivity contribution in [1.82, 2.24) is 15.1 Å². The molecule has 0 saturated carbocycles. The van der Waals surface area contributed by atoms with E-state index in [4.69, 9.17) is 0 Å². The van der Waals surface area contributed by atoms with Crippen LogP contribution in [0.3, 0.4) is 0 Å². The van der Waals surface area contributed by atoms with Crippen molar-refractivity contribution in [3.8, 4) is 0 Å². The van der Waals surface area contributed by atoms with Crippen LogP contribution in [0.15, 0.2) is 0 Å². The summed E-state index contributed by atoms with van der Waals surface area (Å²) in [5.74, 6) is 0. The summed E-state index contributed by atoms with van der Waals surface area (Å²) >= 11 is 0. The van der Waals surface area contributed by atoms with Crippen molar-refractivity contribution in [3.05, 3.63) is 17.0 Å². The summed E-state index contributed by atoms with van der Waals surface area (Å²) in [4.78, 5) is 0. The van der Waals surface area contributed by atoms with E-state index in [0.717, 1.165) is 18.7 Å². The van der Waals surface area contributed by atoms with E-state index in [0.29, 0.717) is 0 Å². The highest BCUT2D eigenvalue weighted by Gasteiger charge is 2.20. The van der Waals surface area contributed by atoms with E-state index in [1.807, 2.05) is 7.05 Å². The number of rotatable bonds is 3. The molecule has 0 bridgehead atoms. The van der Waals surface area contributed by atoms with Crippen molar-refractivity contribution in [2.75, 3.05) is 13.6 Å². The summed E-state index contributed by atoms with van der Waals surface area (Å²) < 4.78 is 2.13. The Morgan fingerprint density at radius 2 is 1.87 bits per heavy atom. The molecular weight excluding hydrogens is 186 g/mol. The van der Waals surface area contributed by atoms with Crippen molar-refractivity contribution >= 4 is 0 Å². The van der Waals surface area contributed by atoms with Crippen molar-refractivity contribution in [1.29, 1.82) is 0 Å². The largest absolute Gasteiger partial charge is 0.319 e. The Kier molecular flexibility index (Phi) is 3.55. The van der Waals surface area contributed by atoms with E-state index in [-0.39, 0.29) is 5.54 Å². The lowest BCUT2D eigenvalue weighted by Crippen LogP contribution is -2.24. The van der Waals surface area contributed by atoms with Crippen LogP contribution in [0.4, 0.5) is 0 Å². The molecule has 15 heavy (non-hydrogen) atoms. The molecule has 0 atom stereocenters. The number of nitrogens with zero attached hydrogens (tertiary/aromatic N) is 2. The van der Waals surface area contributed by atoms with E-state index in [1.165, 1.54) is 11.3 Å². The Balaban J connectivity index is 3.04. The average molecular weight is 209 g/mol. The predicted molar refractivity (Wildman–Crippen MR) is 64.3 cm³/mol. The Morgan fingerprint density at radius 1 is 1.27 bits per heavy atom. The third-order valence-electron chi connectivity index (χ3n) is 2.70. The fourth-order valence-electron chi connectivity index (χ4n) is 1.94. The molecule has 1 heterocycles. The summed E-state index contributed by atoms with van der Waals surface area (Å²) in [5.41, 5.74) is 3.93. The van der Waals surface area contributed by atoms with Crippen LogP contribution in [0.2, 0.25) is 0 Å². The molecule has 0 unspecified atom stereocenters. The number of hydrogen-bond acceptors (Lipinski definition) is 2. The minimum Gasteiger partial charge on any atom is -0.319 e. The van der Waals surface area contributed by atoms with Gasteiger partial charge >= 0.3 is 0 Å². The van der Waals surface area contributed by atoms with Gasteiger partial charge in [-0.05, 0) is 60.2 Å². The fourth-order valence-corrected chi connectivity index (χ4v) is 1.94. The van der Waals surface area contributed by atoms with Gasteiger partial charge in [-0.3, -0.25) is 4.68 Å². The molecule has 0 aliphatic heterocycles. The van der Waals surface area contributed by atoms with E-state index < -0.39 is 0 Å². The molecule has 0 aromatic carbocycles. The highest BCUT2D eigenvalue weighted by Crippen LogP contribution is 2.21. The molecule has 0 aliphatic rings. The van der Waals surface area contributed by atoms with Crippen molar-refractivity contribution in [2.45, 2.75) is 46.6 Å². The van der Waals surface area contributed by atoms with Gasteiger partial charge in [-0.2, -0.15) is 5.10 Å². The topological polar surface area (TPSA) is 29.9 Å². The molecule has 86 valence electrons. The first-order chi connectivity index (χ1) is 6.88. The van der Waals surface area contributed by atoms with E-state index in [9.17, 15) is 0 Å². The summed E-state index contributed by atoms with van der Waals surface area (Å²) in [6.45, 7) is 11.8. The van der Waals surface area contributed by atoms with Crippen LogP contribution in [0, 0.1) is 13.8 Å². The maximum absolute atomic E-state index is 4.62. The molecule has 0 spiro atoms. The molecule has 1 aromatic heterocycles. The molecule has 0 radical (unpaired) electrons. The number of hydrogen-bond donors (Lipinski definition) is 1. The molecule has 0 aliphatic carbocycles. The van der Waals surface area contributed by atoms with E-state index in [1.54, 1.807) is 0 Å². The third-order valence-corrected chi connectivity index (χ3v) is 2.70. The van der Waals surface area contributed by atoms with Gasteiger partial charge in [-0.1, -0.05) is 0 Å². The molecule has 3 nitrogen and oxygen atoms in total. The molecular formula is C12H23N3. The van der Waals surface area contributed by atoms with Crippen molar-refractivity contribution < 1.29 is 0 Å². The Morgan fingerprint density at radius 3 is 2.27 bits per heavy atom. The lowest BCUT2D eigenvalue weighted by molar-refractivity contribution is 0.346. The fraction of sp³-hybridized carbons (Fsp3) is 0.750. The number of likely N-dealkylation sites (N-methyl/N-ethyl adjacent to an activating group) is 1. The highest BCUT2D eigenvalue weighted by molar-refractivity contribution is 5.25. The SMILES string of the molecule is CNCCc1c(C)nn(C(C)(C)C)c1C. The Labute approximate surface area is 92.9 Å². The molecule has 0 amide bonds. The molecule has 1 N–H and O–H groups in total. The Hall–Kier alpha value is -0.830. The average Bonchev–Trinajstić information content (AvgIpc) is 2.39. The summed E-state index contributed by atoms with van der Waals surface area (Å²) in [6, 6.07) is 0. The first-order valence-corrected chi connectivity index (χ1v) is 5.58. The second kappa shape index (κ2) is 4.35. The zero-order valence-corrected chi connectivity index (χ0v) is 10.8. The zero-order chi connectivity index (χ0) is 11.6. The second-order valence-electron chi connectivity index (χ2n) is 5.09. The van der Waals surface area contributed by atoms with Crippen LogP contribution in [0.25, 0.3) is 0 Å². The second-order valence-corrected chi connectivity index (χ2v) is 5.09. The van der Waals surface area contributed by atoms with Gasteiger partial charge in [-0.25, -0.2) is 0 Å². The maximum atomic E-state index is 4.62. The van der Waals surface area contributed by atoms with Crippen molar-refractivity contribution in [2.24, 2.45) is 0 Å². The van der Waals surface area contributed by atoms with E-state index in [2.05, 4.69) is 49.7 Å². The Bertz CT molecular complexity index is 331. The van der Waals surface area contributed by atoms with Gasteiger partial charge in [0.15, 0.2) is 0 Å². The van der Waals surface area contributed by atoms with Gasteiger partial charge in [-0.15, -0.1) is 0 Å². The number of aromatic nitrogens is 2. The van der Waals surface area contributed by atoms with Crippen LogP contribution < -0.4 is 5.32 Å². The van der Waals surface area contributed by atoms with Gasteiger partial charge < -0.3 is 5.32 Å². The third kappa shape index (κ3) is 2.59. The minimum absolute atomic E-state index is 0.0761. The highest BCUT2D eigenvalue weighted by atomic mass is 15.3. The van der Waals surface area contributed by atoms with Crippen LogP contribution in [0.5, 0.6) is 0 Å². The van der Waals surface area contributed by atoms with Gasteiger partial charge in [0.25, 0.3) is 0 Å². The normalized spacial score (nSPS) is 12.1. The van der Waals surface area contributed by atoms with Gasteiger partial charge in [0.2, 0.25) is 0 Å². The standard InChI is InChI=1S/C12H23N3/c1-9-11(7-8-13-6)10(2)15(14-9)12(3,4)5/h13H,7-8H2,1-6H3. The lowest BCUT2D eigenvalue weighted by Gasteiger charge is -2.21. The van der Waals surface area contributed by atoms with E-state index >= 15 is 0 Å². The first kappa shape index (κ1) is 12.2. The molecule has 1 rings (SSSR count). The van der Waals surface area contributed by atoms with Crippen LogP contribution in [0.1, 0.15) is 37.7 Å². The quantitative estimate of drug-likeness (QED) is 0.825. The van der Waals surface area contributed by atoms with Crippen LogP contribution in [-0.4, -0.2) is 23.4 Å². The zero-order valence-electron chi connectivity index (χ0n) is 10.8. The van der Waals surface area contributed by atoms with Gasteiger partial charge in [0, 0.05) is 5.69 Å². The van der Waals surface area contributed by atoms with Crippen molar-refractivity contribution in [3.63, 3.8) is 0 Å². The lowest BCUT2D eigenvalue weighted by atomic mass is 10.1. The van der Waals surface area contributed by atoms with Crippen LogP contribution >= 0.6 is 0 Å². The summed E-state index contributed by atoms with van der Waals surface area (Å²) in [5, 5.41) is 7.80. The van der Waals surface area contributed by atoms with Gasteiger partial charge in [0.1, 0.15) is 0 Å². The van der Waals surface area contributed by atoms with Crippen LogP contribution in [-0.2, 0) is 12.0 Å². The first-order valence-electron chi connectivity index (χ1n) is 5.58. The van der Waals surface area contributed by atoms with Gasteiger partial charge in [0.05, 0.1) is 11.2 Å². The summed E-state index contributed by atoms with van der Waals surface area (Å²) in [7, 11) is 1.98. The number of nitrogens with one attached hydrogen (secondary N) is 1. The maximum Gasteiger partial charge on any atom is 0.0629 e. The molecule has 0 saturated heterocycles. The minimum atomic E-state index is 0.0761. The number of aryl methyl sites for hydroxylation is 1. The molecule has 0 fully saturated rings. The smallest absolute Gasteiger partial charge is 0.0629 e.